The molecule has 162 valence electrons. The first-order valence-corrected chi connectivity index (χ1v) is 9.21. The number of benzene rings is 2. The number of carbonyl (C=O) groups excluding carboxylic acids is 1. The molecule has 0 spiro atoms. The molecule has 1 aliphatic heterocycles. The molecule has 1 amide bonds. The van der Waals surface area contributed by atoms with Gasteiger partial charge in [0, 0.05) is 11.1 Å². The summed E-state index contributed by atoms with van der Waals surface area (Å²) in [6.07, 6.45) is -3.47. The van der Waals surface area contributed by atoms with Gasteiger partial charge in [-0.05, 0) is 35.4 Å². The quantitative estimate of drug-likeness (QED) is 0.607. The molecule has 0 unspecified atom stereocenters. The number of hydrogen-bond acceptors (Lipinski definition) is 4. The molecule has 10 heteroatoms. The molecule has 1 fully saturated rings. The number of amides is 1. The third-order valence-corrected chi connectivity index (χ3v) is 4.92. The van der Waals surface area contributed by atoms with Crippen molar-refractivity contribution in [1.82, 2.24) is 9.88 Å². The molecule has 2 aromatic carbocycles. The third-order valence-electron chi connectivity index (χ3n) is 4.92. The molecule has 2 heterocycles. The van der Waals surface area contributed by atoms with Gasteiger partial charge >= 0.3 is 6.18 Å². The Labute approximate surface area is 173 Å². The van der Waals surface area contributed by atoms with Crippen LogP contribution in [0.3, 0.4) is 0 Å². The van der Waals surface area contributed by atoms with E-state index in [9.17, 15) is 26.7 Å². The van der Waals surface area contributed by atoms with E-state index in [0.717, 1.165) is 11.0 Å². The smallest absolute Gasteiger partial charge is 0.417 e. The summed E-state index contributed by atoms with van der Waals surface area (Å²) < 4.78 is 72.2. The first-order chi connectivity index (χ1) is 14.6. The first-order valence-electron chi connectivity index (χ1n) is 9.21. The van der Waals surface area contributed by atoms with Gasteiger partial charge in [-0.25, -0.2) is 13.8 Å². The summed E-state index contributed by atoms with van der Waals surface area (Å²) in [5.74, 6) is -3.36. The second-order valence-electron chi connectivity index (χ2n) is 7.18. The van der Waals surface area contributed by atoms with E-state index in [1.165, 1.54) is 42.6 Å². The van der Waals surface area contributed by atoms with Gasteiger partial charge < -0.3 is 15.1 Å². The Morgan fingerprint density at radius 3 is 2.29 bits per heavy atom. The van der Waals surface area contributed by atoms with Crippen LogP contribution < -0.4 is 5.73 Å². The zero-order valence-corrected chi connectivity index (χ0v) is 15.9. The van der Waals surface area contributed by atoms with Crippen molar-refractivity contribution in [2.24, 2.45) is 5.73 Å². The van der Waals surface area contributed by atoms with Crippen LogP contribution in [-0.4, -0.2) is 34.8 Å². The fourth-order valence-corrected chi connectivity index (χ4v) is 3.35. The number of halogens is 5. The maximum atomic E-state index is 13.7. The maximum Gasteiger partial charge on any atom is 0.417 e. The first kappa shape index (κ1) is 21.0. The lowest BCUT2D eigenvalue weighted by atomic mass is 9.97. The van der Waals surface area contributed by atoms with E-state index in [-0.39, 0.29) is 34.9 Å². The molecule has 0 saturated carbocycles. The molecule has 0 aliphatic carbocycles. The Bertz CT molecular complexity index is 1110. The predicted octanol–water partition coefficient (Wildman–Crippen LogP) is 4.58. The van der Waals surface area contributed by atoms with Crippen LogP contribution in [0.1, 0.15) is 21.8 Å². The van der Waals surface area contributed by atoms with Crippen molar-refractivity contribution in [3.63, 3.8) is 0 Å². The number of oxazole rings is 1. The lowest BCUT2D eigenvalue weighted by Gasteiger charge is -2.38. The number of aromatic nitrogens is 1. The Hall–Kier alpha value is -3.27. The summed E-state index contributed by atoms with van der Waals surface area (Å²) in [5.41, 5.74) is 5.20. The number of carbonyl (C=O) groups is 1. The van der Waals surface area contributed by atoms with Crippen molar-refractivity contribution in [2.75, 3.05) is 13.1 Å². The van der Waals surface area contributed by atoms with Gasteiger partial charge in [-0.15, -0.1) is 0 Å². The predicted molar refractivity (Wildman–Crippen MR) is 101 cm³/mol. The van der Waals surface area contributed by atoms with Gasteiger partial charge in [0.25, 0.3) is 11.8 Å². The lowest BCUT2D eigenvalue weighted by molar-refractivity contribution is -0.137. The van der Waals surface area contributed by atoms with Gasteiger partial charge in [0.15, 0.2) is 5.76 Å². The number of nitrogens with two attached hydrogens (primary N) is 1. The van der Waals surface area contributed by atoms with Gasteiger partial charge in [-0.2, -0.15) is 13.2 Å². The van der Waals surface area contributed by atoms with Crippen molar-refractivity contribution in [2.45, 2.75) is 18.6 Å². The van der Waals surface area contributed by atoms with Gasteiger partial charge in [-0.1, -0.05) is 18.2 Å². The molecule has 0 bridgehead atoms. The van der Waals surface area contributed by atoms with E-state index >= 15 is 0 Å². The van der Waals surface area contributed by atoms with Crippen LogP contribution >= 0.6 is 0 Å². The third kappa shape index (κ3) is 4.15. The average Bonchev–Trinajstić information content (AvgIpc) is 3.19. The molecule has 4 rings (SSSR count). The molecule has 1 aromatic heterocycles. The van der Waals surface area contributed by atoms with Crippen LogP contribution in [0.5, 0.6) is 0 Å². The van der Waals surface area contributed by atoms with Crippen molar-refractivity contribution in [3.05, 3.63) is 65.7 Å². The number of alkyl halides is 5. The lowest BCUT2D eigenvalue weighted by Crippen LogP contribution is -2.58. The highest BCUT2D eigenvalue weighted by atomic mass is 19.4. The summed E-state index contributed by atoms with van der Waals surface area (Å²) >= 11 is 0. The molecule has 31 heavy (non-hydrogen) atoms. The fourth-order valence-electron chi connectivity index (χ4n) is 3.35. The van der Waals surface area contributed by atoms with Crippen LogP contribution in [0, 0.1) is 0 Å². The highest BCUT2D eigenvalue weighted by Gasteiger charge is 2.46. The van der Waals surface area contributed by atoms with E-state index in [1.807, 2.05) is 0 Å². The van der Waals surface area contributed by atoms with Crippen molar-refractivity contribution in [3.8, 4) is 22.5 Å². The van der Waals surface area contributed by atoms with E-state index in [4.69, 9.17) is 10.2 Å². The van der Waals surface area contributed by atoms with Crippen LogP contribution in [0.15, 0.2) is 53.1 Å². The Balaban J connectivity index is 1.63. The summed E-state index contributed by atoms with van der Waals surface area (Å²) in [6, 6.07) is 9.50. The summed E-state index contributed by atoms with van der Waals surface area (Å²) in [4.78, 5) is 17.0. The fraction of sp³-hybridized carbons (Fsp3) is 0.238. The Morgan fingerprint density at radius 1 is 1.10 bits per heavy atom. The highest BCUT2D eigenvalue weighted by Crippen LogP contribution is 2.39. The average molecular weight is 437 g/mol. The second-order valence-corrected chi connectivity index (χ2v) is 7.18. The molecule has 0 atom stereocenters. The zero-order valence-electron chi connectivity index (χ0n) is 15.9. The minimum Gasteiger partial charge on any atom is -0.439 e. The monoisotopic (exact) mass is 437 g/mol. The van der Waals surface area contributed by atoms with Crippen molar-refractivity contribution >= 4 is 5.91 Å². The van der Waals surface area contributed by atoms with Gasteiger partial charge in [0.2, 0.25) is 5.89 Å². The number of likely N-dealkylation sites (tertiary alicyclic amines) is 1. The molecule has 2 N–H and O–H groups in total. The van der Waals surface area contributed by atoms with Crippen molar-refractivity contribution < 1.29 is 31.2 Å². The Morgan fingerprint density at radius 2 is 1.74 bits per heavy atom. The second kappa shape index (κ2) is 7.45. The summed E-state index contributed by atoms with van der Waals surface area (Å²) in [6.45, 7) is -1.32. The van der Waals surface area contributed by atoms with E-state index < -0.39 is 36.7 Å². The van der Waals surface area contributed by atoms with Crippen LogP contribution in [0.2, 0.25) is 0 Å². The minimum atomic E-state index is -4.65. The topological polar surface area (TPSA) is 72.4 Å². The molecule has 3 aromatic rings. The number of hydrogen-bond donors (Lipinski definition) is 1. The van der Waals surface area contributed by atoms with E-state index in [1.54, 1.807) is 0 Å². The summed E-state index contributed by atoms with van der Waals surface area (Å²) in [5, 5.41) is 0. The highest BCUT2D eigenvalue weighted by molar-refractivity contribution is 5.95. The van der Waals surface area contributed by atoms with E-state index in [2.05, 4.69) is 4.98 Å². The van der Waals surface area contributed by atoms with Gasteiger partial charge in [-0.3, -0.25) is 4.79 Å². The number of nitrogens with zero attached hydrogens (tertiary/aromatic N) is 2. The Kier molecular flexibility index (Phi) is 5.04. The molecule has 1 saturated heterocycles. The minimum absolute atomic E-state index is 0.0421. The largest absolute Gasteiger partial charge is 0.439 e. The summed E-state index contributed by atoms with van der Waals surface area (Å²) in [7, 11) is 0. The zero-order chi connectivity index (χ0) is 22.4. The normalized spacial score (nSPS) is 15.6. The van der Waals surface area contributed by atoms with Crippen LogP contribution in [0.4, 0.5) is 22.0 Å². The van der Waals surface area contributed by atoms with Gasteiger partial charge in [0.1, 0.15) is 0 Å². The molecule has 0 radical (unpaired) electrons. The van der Waals surface area contributed by atoms with Gasteiger partial charge in [0.05, 0.1) is 31.4 Å². The standard InChI is InChI=1S/C21H16F5N3O2/c22-20(23)10-29(11-20)19(30)13-3-1-12(2-4-13)14-5-6-15(16(7-14)21(24,25)26)17-9-28-18(8-27)31-17/h1-7,9H,8,10-11,27H2. The van der Waals surface area contributed by atoms with Crippen molar-refractivity contribution in [1.29, 1.82) is 0 Å². The molecular formula is C21H16F5N3O2. The SMILES string of the molecule is NCc1ncc(-c2ccc(-c3ccc(C(=O)N4CC(F)(F)C4)cc3)cc2C(F)(F)F)o1. The van der Waals surface area contributed by atoms with Crippen LogP contribution in [-0.2, 0) is 12.7 Å². The number of rotatable bonds is 4. The molecule has 5 nitrogen and oxygen atoms in total. The molecule has 1 aliphatic rings. The van der Waals surface area contributed by atoms with E-state index in [0.29, 0.717) is 5.56 Å². The maximum absolute atomic E-state index is 13.7. The molecular weight excluding hydrogens is 421 g/mol. The van der Waals surface area contributed by atoms with Crippen LogP contribution in [0.25, 0.3) is 22.5 Å².